The first kappa shape index (κ1) is 15.6. The normalized spacial score (nSPS) is 16.9. The highest BCUT2D eigenvalue weighted by atomic mass is 127. The molecule has 24 heavy (non-hydrogen) atoms. The van der Waals surface area contributed by atoms with Gasteiger partial charge in [-0.1, -0.05) is 42.0 Å². The van der Waals surface area contributed by atoms with Crippen LogP contribution in [0, 0.1) is 6.92 Å². The fraction of sp³-hybridized carbons (Fsp3) is 0.150. The molecule has 120 valence electrons. The standard InChI is InChI=1S/C20H16INO2/c1-12-8-9-16-14(10-12)11-15-18(22-16)17(21)19(24-20(15)23-2)13-6-4-3-5-7-13/h3-11,20H,1-2H3. The van der Waals surface area contributed by atoms with Crippen LogP contribution in [0.4, 0.5) is 0 Å². The third-order valence-electron chi connectivity index (χ3n) is 4.14. The van der Waals surface area contributed by atoms with Crippen molar-refractivity contribution >= 4 is 42.8 Å². The summed E-state index contributed by atoms with van der Waals surface area (Å²) >= 11 is 2.32. The zero-order chi connectivity index (χ0) is 16.7. The fourth-order valence-corrected chi connectivity index (χ4v) is 3.83. The third kappa shape index (κ3) is 2.59. The molecule has 0 fully saturated rings. The highest BCUT2D eigenvalue weighted by molar-refractivity contribution is 14.1. The second-order valence-corrected chi connectivity index (χ2v) is 6.90. The lowest BCUT2D eigenvalue weighted by Crippen LogP contribution is -2.15. The van der Waals surface area contributed by atoms with Crippen molar-refractivity contribution in [1.29, 1.82) is 0 Å². The molecule has 1 aromatic heterocycles. The van der Waals surface area contributed by atoms with E-state index in [1.165, 1.54) is 5.56 Å². The first-order valence-electron chi connectivity index (χ1n) is 7.73. The number of fused-ring (bicyclic) bond motifs is 2. The summed E-state index contributed by atoms with van der Waals surface area (Å²) in [6, 6.07) is 18.5. The molecule has 0 aliphatic carbocycles. The Labute approximate surface area is 154 Å². The Hall–Kier alpha value is -1.92. The first-order chi connectivity index (χ1) is 11.7. The van der Waals surface area contributed by atoms with Gasteiger partial charge in [0.2, 0.25) is 6.29 Å². The topological polar surface area (TPSA) is 31.4 Å². The Bertz CT molecular complexity index is 951. The van der Waals surface area contributed by atoms with Gasteiger partial charge in [-0.05, 0) is 47.7 Å². The van der Waals surface area contributed by atoms with Crippen LogP contribution in [0.2, 0.25) is 0 Å². The maximum Gasteiger partial charge on any atom is 0.228 e. The quantitative estimate of drug-likeness (QED) is 0.506. The summed E-state index contributed by atoms with van der Waals surface area (Å²) in [5, 5.41) is 1.10. The van der Waals surface area contributed by atoms with Gasteiger partial charge in [-0.15, -0.1) is 0 Å². The smallest absolute Gasteiger partial charge is 0.228 e. The van der Waals surface area contributed by atoms with E-state index in [0.29, 0.717) is 0 Å². The summed E-state index contributed by atoms with van der Waals surface area (Å²) in [7, 11) is 1.66. The van der Waals surface area contributed by atoms with Crippen LogP contribution >= 0.6 is 22.6 Å². The molecule has 0 radical (unpaired) electrons. The van der Waals surface area contributed by atoms with Gasteiger partial charge in [-0.3, -0.25) is 0 Å². The van der Waals surface area contributed by atoms with Gasteiger partial charge in [0.1, 0.15) is 5.76 Å². The van der Waals surface area contributed by atoms with E-state index < -0.39 is 6.29 Å². The van der Waals surface area contributed by atoms with Crippen LogP contribution in [0.15, 0.2) is 54.6 Å². The van der Waals surface area contributed by atoms with Crippen molar-refractivity contribution in [2.24, 2.45) is 0 Å². The van der Waals surface area contributed by atoms with Crippen LogP contribution in [0.25, 0.3) is 20.2 Å². The summed E-state index contributed by atoms with van der Waals surface area (Å²) in [4.78, 5) is 4.89. The Kier molecular flexibility index (Phi) is 4.02. The Morgan fingerprint density at radius 3 is 2.62 bits per heavy atom. The Balaban J connectivity index is 1.96. The average molecular weight is 429 g/mol. The van der Waals surface area contributed by atoms with Crippen molar-refractivity contribution in [3.63, 3.8) is 0 Å². The lowest BCUT2D eigenvalue weighted by molar-refractivity contribution is -0.0767. The highest BCUT2D eigenvalue weighted by Gasteiger charge is 2.29. The van der Waals surface area contributed by atoms with E-state index in [2.05, 4.69) is 53.8 Å². The molecule has 1 atom stereocenters. The maximum atomic E-state index is 6.15. The molecule has 1 aliphatic rings. The monoisotopic (exact) mass is 429 g/mol. The van der Waals surface area contributed by atoms with E-state index in [-0.39, 0.29) is 0 Å². The van der Waals surface area contributed by atoms with E-state index in [9.17, 15) is 0 Å². The summed E-state index contributed by atoms with van der Waals surface area (Å²) in [5.74, 6) is 0.814. The number of hydrogen-bond acceptors (Lipinski definition) is 3. The second-order valence-electron chi connectivity index (χ2n) is 5.82. The zero-order valence-corrected chi connectivity index (χ0v) is 15.6. The SMILES string of the molecule is COC1OC(c2ccccc2)=C(I)c2nc3ccc(C)cc3cc21. The van der Waals surface area contributed by atoms with E-state index in [1.54, 1.807) is 7.11 Å². The Morgan fingerprint density at radius 2 is 1.88 bits per heavy atom. The first-order valence-corrected chi connectivity index (χ1v) is 8.81. The number of hydrogen-bond donors (Lipinski definition) is 0. The number of aromatic nitrogens is 1. The molecule has 0 saturated carbocycles. The summed E-state index contributed by atoms with van der Waals surface area (Å²) in [5.41, 5.74) is 5.13. The molecule has 2 heterocycles. The van der Waals surface area contributed by atoms with Crippen LogP contribution in [0.5, 0.6) is 0 Å². The molecular formula is C20H16INO2. The largest absolute Gasteiger partial charge is 0.459 e. The molecule has 1 aliphatic heterocycles. The molecule has 0 N–H and O–H groups in total. The molecule has 0 saturated heterocycles. The van der Waals surface area contributed by atoms with Gasteiger partial charge in [0.25, 0.3) is 0 Å². The molecule has 0 amide bonds. The Morgan fingerprint density at radius 1 is 1.08 bits per heavy atom. The van der Waals surface area contributed by atoms with Gasteiger partial charge in [0.15, 0.2) is 0 Å². The molecule has 0 spiro atoms. The van der Waals surface area contributed by atoms with Crippen molar-refractivity contribution < 1.29 is 9.47 Å². The van der Waals surface area contributed by atoms with Gasteiger partial charge in [-0.25, -0.2) is 4.98 Å². The van der Waals surface area contributed by atoms with Crippen LogP contribution in [-0.4, -0.2) is 12.1 Å². The number of aryl methyl sites for hydroxylation is 1. The van der Waals surface area contributed by atoms with Crippen molar-refractivity contribution in [3.05, 3.63) is 77.0 Å². The molecule has 2 aromatic carbocycles. The zero-order valence-electron chi connectivity index (χ0n) is 13.4. The number of rotatable bonds is 2. The molecule has 4 heteroatoms. The minimum Gasteiger partial charge on any atom is -0.459 e. The highest BCUT2D eigenvalue weighted by Crippen LogP contribution is 2.44. The number of benzene rings is 2. The van der Waals surface area contributed by atoms with Gasteiger partial charge in [0.05, 0.1) is 14.8 Å². The molecule has 3 nitrogen and oxygen atoms in total. The molecule has 4 rings (SSSR count). The summed E-state index contributed by atoms with van der Waals surface area (Å²) < 4.78 is 12.8. The number of methoxy groups -OCH3 is 1. The van der Waals surface area contributed by atoms with Gasteiger partial charge in [-0.2, -0.15) is 0 Å². The predicted molar refractivity (Wildman–Crippen MR) is 105 cm³/mol. The van der Waals surface area contributed by atoms with E-state index in [0.717, 1.165) is 37.1 Å². The van der Waals surface area contributed by atoms with Crippen molar-refractivity contribution in [2.75, 3.05) is 7.11 Å². The van der Waals surface area contributed by atoms with E-state index in [4.69, 9.17) is 14.5 Å². The molecule has 3 aromatic rings. The van der Waals surface area contributed by atoms with E-state index >= 15 is 0 Å². The molecule has 1 unspecified atom stereocenters. The average Bonchev–Trinajstić information content (AvgIpc) is 2.61. The van der Waals surface area contributed by atoms with Gasteiger partial charge < -0.3 is 9.47 Å². The van der Waals surface area contributed by atoms with Crippen molar-refractivity contribution in [3.8, 4) is 0 Å². The van der Waals surface area contributed by atoms with Crippen molar-refractivity contribution in [2.45, 2.75) is 13.2 Å². The van der Waals surface area contributed by atoms with Crippen molar-refractivity contribution in [1.82, 2.24) is 4.98 Å². The molecule has 0 bridgehead atoms. The third-order valence-corrected chi connectivity index (χ3v) is 5.14. The van der Waals surface area contributed by atoms with Crippen LogP contribution in [-0.2, 0) is 9.47 Å². The minimum absolute atomic E-state index is 0.453. The van der Waals surface area contributed by atoms with Gasteiger partial charge in [0, 0.05) is 23.6 Å². The van der Waals surface area contributed by atoms with Gasteiger partial charge >= 0.3 is 0 Å². The van der Waals surface area contributed by atoms with Crippen LogP contribution in [0.3, 0.4) is 0 Å². The number of ether oxygens (including phenoxy) is 2. The number of halogens is 1. The number of pyridine rings is 1. The van der Waals surface area contributed by atoms with Crippen LogP contribution < -0.4 is 0 Å². The van der Waals surface area contributed by atoms with Crippen LogP contribution in [0.1, 0.15) is 28.7 Å². The lowest BCUT2D eigenvalue weighted by Gasteiger charge is -2.28. The maximum absolute atomic E-state index is 6.15. The van der Waals surface area contributed by atoms with E-state index in [1.807, 2.05) is 30.3 Å². The second kappa shape index (κ2) is 6.18. The predicted octanol–water partition coefficient (Wildman–Crippen LogP) is 5.48. The summed E-state index contributed by atoms with van der Waals surface area (Å²) in [6.07, 6.45) is -0.453. The lowest BCUT2D eigenvalue weighted by atomic mass is 10.0. The molecular weight excluding hydrogens is 413 g/mol. The summed E-state index contributed by atoms with van der Waals surface area (Å²) in [6.45, 7) is 2.08. The minimum atomic E-state index is -0.453. The fourth-order valence-electron chi connectivity index (χ4n) is 2.96. The number of nitrogens with zero attached hydrogens (tertiary/aromatic N) is 1.